The fraction of sp³-hybridized carbons (Fsp3) is 0.562. The van der Waals surface area contributed by atoms with E-state index in [1.165, 1.54) is 11.3 Å². The highest BCUT2D eigenvalue weighted by atomic mass is 32.2. The van der Waals surface area contributed by atoms with Gasteiger partial charge in [0.2, 0.25) is 5.91 Å². The zero-order valence-electron chi connectivity index (χ0n) is 12.4. The summed E-state index contributed by atoms with van der Waals surface area (Å²) in [7, 11) is 0. The van der Waals surface area contributed by atoms with Crippen LogP contribution in [0.2, 0.25) is 0 Å². The number of rotatable bonds is 6. The number of anilines is 1. The number of carbonyl (C=O) groups is 1. The molecule has 3 rings (SSSR count). The molecule has 5 heteroatoms. The summed E-state index contributed by atoms with van der Waals surface area (Å²) in [6, 6.07) is 6.07. The summed E-state index contributed by atoms with van der Waals surface area (Å²) < 4.78 is 5.65. The number of hydrogen-bond acceptors (Lipinski definition) is 4. The first kappa shape index (κ1) is 14.9. The third-order valence-electron chi connectivity index (χ3n) is 3.91. The standard InChI is InChI=1S/C16H22N2O2S/c1-2-7-17-15-13-6-5-12(9-14(13)18-16(15)19)21-10-11-4-3-8-20-11/h5-6,9,11,15,17H,2-4,7-8,10H2,1H3,(H,18,19). The molecule has 2 aliphatic heterocycles. The van der Waals surface area contributed by atoms with Crippen molar-refractivity contribution in [3.05, 3.63) is 23.8 Å². The van der Waals surface area contributed by atoms with E-state index in [1.807, 2.05) is 11.8 Å². The Hall–Kier alpha value is -1.04. The van der Waals surface area contributed by atoms with Crippen molar-refractivity contribution in [2.24, 2.45) is 0 Å². The summed E-state index contributed by atoms with van der Waals surface area (Å²) in [4.78, 5) is 13.2. The van der Waals surface area contributed by atoms with Crippen molar-refractivity contribution in [1.29, 1.82) is 0 Å². The minimum atomic E-state index is -0.197. The number of carbonyl (C=O) groups excluding carboxylic acids is 1. The maximum Gasteiger partial charge on any atom is 0.246 e. The molecule has 1 saturated heterocycles. The monoisotopic (exact) mass is 306 g/mol. The van der Waals surface area contributed by atoms with E-state index in [4.69, 9.17) is 4.74 Å². The van der Waals surface area contributed by atoms with Crippen LogP contribution in [0.4, 0.5) is 5.69 Å². The van der Waals surface area contributed by atoms with Crippen LogP contribution in [0.15, 0.2) is 23.1 Å². The second-order valence-corrected chi connectivity index (χ2v) is 6.66. The van der Waals surface area contributed by atoms with Crippen LogP contribution in [0.5, 0.6) is 0 Å². The number of ether oxygens (including phenoxy) is 1. The van der Waals surface area contributed by atoms with Crippen molar-refractivity contribution in [2.75, 3.05) is 24.2 Å². The van der Waals surface area contributed by atoms with Crippen molar-refractivity contribution in [3.8, 4) is 0 Å². The van der Waals surface area contributed by atoms with Gasteiger partial charge in [-0.05, 0) is 37.9 Å². The maximum absolute atomic E-state index is 12.0. The second-order valence-electron chi connectivity index (χ2n) is 5.57. The fourth-order valence-electron chi connectivity index (χ4n) is 2.79. The summed E-state index contributed by atoms with van der Waals surface area (Å²) in [6.07, 6.45) is 3.75. The van der Waals surface area contributed by atoms with E-state index < -0.39 is 0 Å². The van der Waals surface area contributed by atoms with Gasteiger partial charge in [0.25, 0.3) is 0 Å². The minimum absolute atomic E-state index is 0.0553. The summed E-state index contributed by atoms with van der Waals surface area (Å²) in [5, 5.41) is 6.27. The first-order valence-electron chi connectivity index (χ1n) is 7.70. The first-order chi connectivity index (χ1) is 10.3. The van der Waals surface area contributed by atoms with Crippen molar-refractivity contribution in [2.45, 2.75) is 43.2 Å². The summed E-state index contributed by atoms with van der Waals surface area (Å²) >= 11 is 1.81. The molecule has 0 aromatic heterocycles. The fourth-order valence-corrected chi connectivity index (χ4v) is 3.79. The number of thioether (sulfide) groups is 1. The summed E-state index contributed by atoms with van der Waals surface area (Å²) in [6.45, 7) is 3.86. The van der Waals surface area contributed by atoms with Crippen molar-refractivity contribution in [1.82, 2.24) is 5.32 Å². The predicted octanol–water partition coefficient (Wildman–Crippen LogP) is 2.95. The molecule has 0 aliphatic carbocycles. The van der Waals surface area contributed by atoms with Gasteiger partial charge in [0.05, 0.1) is 6.10 Å². The molecule has 2 atom stereocenters. The smallest absolute Gasteiger partial charge is 0.246 e. The molecule has 114 valence electrons. The Morgan fingerprint density at radius 3 is 3.14 bits per heavy atom. The quantitative estimate of drug-likeness (QED) is 0.793. The minimum Gasteiger partial charge on any atom is -0.377 e. The Labute approximate surface area is 130 Å². The maximum atomic E-state index is 12.0. The topological polar surface area (TPSA) is 50.4 Å². The molecule has 21 heavy (non-hydrogen) atoms. The lowest BCUT2D eigenvalue weighted by Gasteiger charge is -2.11. The Morgan fingerprint density at radius 2 is 2.38 bits per heavy atom. The lowest BCUT2D eigenvalue weighted by atomic mass is 10.1. The molecule has 2 N–H and O–H groups in total. The van der Waals surface area contributed by atoms with Gasteiger partial charge in [-0.2, -0.15) is 0 Å². The van der Waals surface area contributed by atoms with Gasteiger partial charge in [-0.3, -0.25) is 4.79 Å². The average Bonchev–Trinajstić information content (AvgIpc) is 3.10. The van der Waals surface area contributed by atoms with Crippen LogP contribution in [0, 0.1) is 0 Å². The number of amides is 1. The lowest BCUT2D eigenvalue weighted by Crippen LogP contribution is -2.27. The SMILES string of the molecule is CCCNC1C(=O)Nc2cc(SCC3CCCO3)ccc21. The van der Waals surface area contributed by atoms with Crippen LogP contribution in [-0.2, 0) is 9.53 Å². The number of hydrogen-bond donors (Lipinski definition) is 2. The zero-order chi connectivity index (χ0) is 14.7. The van der Waals surface area contributed by atoms with Gasteiger partial charge in [-0.25, -0.2) is 0 Å². The molecular formula is C16H22N2O2S. The molecule has 1 aromatic carbocycles. The highest BCUT2D eigenvalue weighted by Crippen LogP contribution is 2.35. The van der Waals surface area contributed by atoms with Gasteiger partial charge >= 0.3 is 0 Å². The average molecular weight is 306 g/mol. The lowest BCUT2D eigenvalue weighted by molar-refractivity contribution is -0.117. The van der Waals surface area contributed by atoms with Crippen molar-refractivity contribution < 1.29 is 9.53 Å². The molecule has 2 heterocycles. The van der Waals surface area contributed by atoms with Crippen LogP contribution in [0.25, 0.3) is 0 Å². The molecule has 1 fully saturated rings. The first-order valence-corrected chi connectivity index (χ1v) is 8.69. The van der Waals surface area contributed by atoms with E-state index in [0.717, 1.165) is 43.0 Å². The van der Waals surface area contributed by atoms with Crippen LogP contribution in [0.1, 0.15) is 37.8 Å². The van der Waals surface area contributed by atoms with E-state index in [2.05, 4.69) is 35.8 Å². The Balaban J connectivity index is 1.64. The summed E-state index contributed by atoms with van der Waals surface area (Å²) in [5.41, 5.74) is 2.01. The van der Waals surface area contributed by atoms with E-state index in [0.29, 0.717) is 6.10 Å². The number of benzene rings is 1. The molecule has 4 nitrogen and oxygen atoms in total. The zero-order valence-corrected chi connectivity index (χ0v) is 13.2. The highest BCUT2D eigenvalue weighted by molar-refractivity contribution is 7.99. The highest BCUT2D eigenvalue weighted by Gasteiger charge is 2.29. The Bertz CT molecular complexity index is 515. The molecule has 2 aliphatic rings. The number of nitrogens with one attached hydrogen (secondary N) is 2. The van der Waals surface area contributed by atoms with Crippen LogP contribution >= 0.6 is 11.8 Å². The van der Waals surface area contributed by atoms with Crippen molar-refractivity contribution in [3.63, 3.8) is 0 Å². The number of fused-ring (bicyclic) bond motifs is 1. The van der Waals surface area contributed by atoms with Gasteiger partial charge in [0.15, 0.2) is 0 Å². The second kappa shape index (κ2) is 6.81. The molecule has 1 amide bonds. The van der Waals surface area contributed by atoms with E-state index >= 15 is 0 Å². The van der Waals surface area contributed by atoms with Gasteiger partial charge in [-0.1, -0.05) is 13.0 Å². The van der Waals surface area contributed by atoms with Crippen molar-refractivity contribution >= 4 is 23.4 Å². The van der Waals surface area contributed by atoms with Gasteiger partial charge in [-0.15, -0.1) is 11.8 Å². The molecule has 0 radical (unpaired) electrons. The molecule has 0 bridgehead atoms. The van der Waals surface area contributed by atoms with Crippen LogP contribution in [0.3, 0.4) is 0 Å². The third kappa shape index (κ3) is 3.42. The Morgan fingerprint density at radius 1 is 1.48 bits per heavy atom. The van der Waals surface area contributed by atoms with Gasteiger partial charge in [0.1, 0.15) is 6.04 Å². The van der Waals surface area contributed by atoms with E-state index in [9.17, 15) is 4.79 Å². The summed E-state index contributed by atoms with van der Waals surface area (Å²) in [5.74, 6) is 1.05. The van der Waals surface area contributed by atoms with Gasteiger partial charge in [0, 0.05) is 28.5 Å². The Kier molecular flexibility index (Phi) is 4.83. The molecular weight excluding hydrogens is 284 g/mol. The largest absolute Gasteiger partial charge is 0.377 e. The molecule has 2 unspecified atom stereocenters. The van der Waals surface area contributed by atoms with E-state index in [1.54, 1.807) is 0 Å². The third-order valence-corrected chi connectivity index (χ3v) is 5.04. The molecule has 0 saturated carbocycles. The predicted molar refractivity (Wildman–Crippen MR) is 85.8 cm³/mol. The molecule has 0 spiro atoms. The molecule has 1 aromatic rings. The van der Waals surface area contributed by atoms with Crippen LogP contribution in [-0.4, -0.2) is 30.9 Å². The van der Waals surface area contributed by atoms with Crippen LogP contribution < -0.4 is 10.6 Å². The van der Waals surface area contributed by atoms with E-state index in [-0.39, 0.29) is 11.9 Å². The normalized spacial score (nSPS) is 24.1. The van der Waals surface area contributed by atoms with Gasteiger partial charge < -0.3 is 15.4 Å².